The topological polar surface area (TPSA) is 41.1 Å². The lowest BCUT2D eigenvalue weighted by molar-refractivity contribution is -0.123. The lowest BCUT2D eigenvalue weighted by Gasteiger charge is -2.23. The molecule has 0 aromatic heterocycles. The zero-order valence-corrected chi connectivity index (χ0v) is 14.4. The second-order valence-electron chi connectivity index (χ2n) is 7.15. The van der Waals surface area contributed by atoms with E-state index in [1.165, 1.54) is 11.1 Å². The maximum absolute atomic E-state index is 11.9. The van der Waals surface area contributed by atoms with Crippen molar-refractivity contribution >= 4 is 5.91 Å². The first-order valence-corrected chi connectivity index (χ1v) is 7.78. The third-order valence-corrected chi connectivity index (χ3v) is 3.60. The minimum Gasteiger partial charge on any atom is -0.353 e. The van der Waals surface area contributed by atoms with Gasteiger partial charge in [0.2, 0.25) is 5.91 Å². The van der Waals surface area contributed by atoms with E-state index in [4.69, 9.17) is 0 Å². The molecule has 118 valence electrons. The van der Waals surface area contributed by atoms with Crippen molar-refractivity contribution in [2.24, 2.45) is 0 Å². The first kappa shape index (κ1) is 17.7. The Morgan fingerprint density at radius 1 is 1.00 bits per heavy atom. The fourth-order valence-corrected chi connectivity index (χ4v) is 2.23. The molecule has 3 heteroatoms. The molecular formula is C18H30N2O. The lowest BCUT2D eigenvalue weighted by atomic mass is 9.86. The SMILES string of the molecule is CC(C)NC(=O)C(C)NC(C)c1ccc(C(C)(C)C)cc1. The third-order valence-electron chi connectivity index (χ3n) is 3.60. The van der Waals surface area contributed by atoms with Crippen molar-refractivity contribution in [1.29, 1.82) is 0 Å². The van der Waals surface area contributed by atoms with Gasteiger partial charge < -0.3 is 5.32 Å². The van der Waals surface area contributed by atoms with E-state index < -0.39 is 0 Å². The Kier molecular flexibility index (Phi) is 5.97. The Morgan fingerprint density at radius 3 is 1.95 bits per heavy atom. The molecule has 3 nitrogen and oxygen atoms in total. The van der Waals surface area contributed by atoms with Crippen LogP contribution in [-0.4, -0.2) is 18.0 Å². The first-order chi connectivity index (χ1) is 9.61. The average Bonchev–Trinajstić information content (AvgIpc) is 2.36. The summed E-state index contributed by atoms with van der Waals surface area (Å²) in [5.41, 5.74) is 2.69. The summed E-state index contributed by atoms with van der Waals surface area (Å²) in [5, 5.41) is 6.27. The van der Waals surface area contributed by atoms with Crippen LogP contribution in [0, 0.1) is 0 Å². The van der Waals surface area contributed by atoms with Crippen LogP contribution in [0.15, 0.2) is 24.3 Å². The molecule has 0 fully saturated rings. The number of carbonyl (C=O) groups is 1. The molecule has 1 rings (SSSR count). The van der Waals surface area contributed by atoms with Gasteiger partial charge in [0.05, 0.1) is 6.04 Å². The van der Waals surface area contributed by atoms with Gasteiger partial charge in [-0.2, -0.15) is 0 Å². The average molecular weight is 290 g/mol. The van der Waals surface area contributed by atoms with Gasteiger partial charge in [-0.05, 0) is 44.2 Å². The van der Waals surface area contributed by atoms with Gasteiger partial charge in [-0.25, -0.2) is 0 Å². The van der Waals surface area contributed by atoms with Crippen LogP contribution in [0.2, 0.25) is 0 Å². The van der Waals surface area contributed by atoms with Gasteiger partial charge in [-0.1, -0.05) is 45.0 Å². The summed E-state index contributed by atoms with van der Waals surface area (Å²) >= 11 is 0. The number of carbonyl (C=O) groups excluding carboxylic acids is 1. The van der Waals surface area contributed by atoms with E-state index in [2.05, 4.69) is 62.6 Å². The molecule has 2 N–H and O–H groups in total. The summed E-state index contributed by atoms with van der Waals surface area (Å²) in [6, 6.07) is 8.75. The third kappa shape index (κ3) is 5.50. The molecule has 0 aliphatic carbocycles. The van der Waals surface area contributed by atoms with E-state index in [1.807, 2.05) is 20.8 Å². The predicted molar refractivity (Wildman–Crippen MR) is 89.4 cm³/mol. The van der Waals surface area contributed by atoms with Crippen LogP contribution in [0.25, 0.3) is 0 Å². The highest BCUT2D eigenvalue weighted by molar-refractivity contribution is 5.81. The van der Waals surface area contributed by atoms with Crippen LogP contribution in [0.1, 0.15) is 65.6 Å². The Labute approximate surface area is 129 Å². The Hall–Kier alpha value is -1.35. The fraction of sp³-hybridized carbons (Fsp3) is 0.611. The van der Waals surface area contributed by atoms with Crippen molar-refractivity contribution in [3.8, 4) is 0 Å². The molecule has 2 unspecified atom stereocenters. The molecule has 1 amide bonds. The molecule has 0 bridgehead atoms. The van der Waals surface area contributed by atoms with E-state index in [-0.39, 0.29) is 29.4 Å². The lowest BCUT2D eigenvalue weighted by Crippen LogP contribution is -2.45. The number of hydrogen-bond donors (Lipinski definition) is 2. The monoisotopic (exact) mass is 290 g/mol. The first-order valence-electron chi connectivity index (χ1n) is 7.78. The quantitative estimate of drug-likeness (QED) is 0.870. The van der Waals surface area contributed by atoms with E-state index in [1.54, 1.807) is 0 Å². The molecule has 2 atom stereocenters. The number of hydrogen-bond acceptors (Lipinski definition) is 2. The normalized spacial score (nSPS) is 14.9. The van der Waals surface area contributed by atoms with Crippen molar-refractivity contribution in [3.63, 3.8) is 0 Å². The highest BCUT2D eigenvalue weighted by atomic mass is 16.2. The van der Waals surface area contributed by atoms with Crippen molar-refractivity contribution in [2.45, 2.75) is 72.0 Å². The summed E-state index contributed by atoms with van der Waals surface area (Å²) in [5.74, 6) is 0.0446. The Balaban J connectivity index is 2.67. The highest BCUT2D eigenvalue weighted by Crippen LogP contribution is 2.24. The summed E-state index contributed by atoms with van der Waals surface area (Å²) in [7, 11) is 0. The van der Waals surface area contributed by atoms with Gasteiger partial charge in [-0.15, -0.1) is 0 Å². The van der Waals surface area contributed by atoms with Crippen LogP contribution in [0.4, 0.5) is 0 Å². The molecule has 0 spiro atoms. The molecule has 0 saturated heterocycles. The maximum atomic E-state index is 11.9. The van der Waals surface area contributed by atoms with Gasteiger partial charge >= 0.3 is 0 Å². The molecule has 1 aromatic carbocycles. The highest BCUT2D eigenvalue weighted by Gasteiger charge is 2.18. The van der Waals surface area contributed by atoms with Gasteiger partial charge in [-0.3, -0.25) is 10.1 Å². The molecule has 0 radical (unpaired) electrons. The molecule has 0 aliphatic heterocycles. The van der Waals surface area contributed by atoms with E-state index >= 15 is 0 Å². The number of amides is 1. The molecule has 0 heterocycles. The largest absolute Gasteiger partial charge is 0.353 e. The van der Waals surface area contributed by atoms with Crippen LogP contribution in [0.3, 0.4) is 0 Å². The minimum absolute atomic E-state index is 0.0446. The van der Waals surface area contributed by atoms with Crippen molar-refractivity contribution < 1.29 is 4.79 Å². The molecule has 1 aromatic rings. The van der Waals surface area contributed by atoms with Crippen LogP contribution in [-0.2, 0) is 10.2 Å². The zero-order valence-electron chi connectivity index (χ0n) is 14.4. The molecular weight excluding hydrogens is 260 g/mol. The van der Waals surface area contributed by atoms with Gasteiger partial charge in [0.25, 0.3) is 0 Å². The fourth-order valence-electron chi connectivity index (χ4n) is 2.23. The van der Waals surface area contributed by atoms with Gasteiger partial charge in [0.1, 0.15) is 0 Å². The van der Waals surface area contributed by atoms with E-state index in [0.29, 0.717) is 0 Å². The molecule has 0 aliphatic rings. The second-order valence-corrected chi connectivity index (χ2v) is 7.15. The maximum Gasteiger partial charge on any atom is 0.237 e. The van der Waals surface area contributed by atoms with Crippen molar-refractivity contribution in [3.05, 3.63) is 35.4 Å². The Morgan fingerprint density at radius 2 is 1.52 bits per heavy atom. The zero-order chi connectivity index (χ0) is 16.2. The van der Waals surface area contributed by atoms with Crippen LogP contribution >= 0.6 is 0 Å². The summed E-state index contributed by atoms with van der Waals surface area (Å²) < 4.78 is 0. The van der Waals surface area contributed by atoms with Crippen LogP contribution in [0.5, 0.6) is 0 Å². The number of rotatable bonds is 5. The second kappa shape index (κ2) is 7.08. The van der Waals surface area contributed by atoms with E-state index in [9.17, 15) is 4.79 Å². The molecule has 0 saturated carbocycles. The van der Waals surface area contributed by atoms with Crippen molar-refractivity contribution in [1.82, 2.24) is 10.6 Å². The van der Waals surface area contributed by atoms with Gasteiger partial charge in [0, 0.05) is 12.1 Å². The van der Waals surface area contributed by atoms with Gasteiger partial charge in [0.15, 0.2) is 0 Å². The number of nitrogens with one attached hydrogen (secondary N) is 2. The minimum atomic E-state index is -0.204. The predicted octanol–water partition coefficient (Wildman–Crippen LogP) is 3.55. The number of benzene rings is 1. The van der Waals surface area contributed by atoms with E-state index in [0.717, 1.165) is 0 Å². The molecule has 21 heavy (non-hydrogen) atoms. The Bertz CT molecular complexity index is 457. The van der Waals surface area contributed by atoms with Crippen LogP contribution < -0.4 is 10.6 Å². The summed E-state index contributed by atoms with van der Waals surface area (Å²) in [6.07, 6.45) is 0. The summed E-state index contributed by atoms with van der Waals surface area (Å²) in [6.45, 7) is 14.6. The van der Waals surface area contributed by atoms with Crippen molar-refractivity contribution in [2.75, 3.05) is 0 Å². The summed E-state index contributed by atoms with van der Waals surface area (Å²) in [4.78, 5) is 11.9. The standard InChI is InChI=1S/C18H30N2O/c1-12(2)19-17(21)14(4)20-13(3)15-8-10-16(11-9-15)18(5,6)7/h8-14,20H,1-7H3,(H,19,21). The smallest absolute Gasteiger partial charge is 0.237 e.